The second kappa shape index (κ2) is 16.9. The highest BCUT2D eigenvalue weighted by atomic mass is 16.6. The molecular weight excluding hydrogens is 464 g/mol. The fourth-order valence-corrected chi connectivity index (χ4v) is 4.58. The Morgan fingerprint density at radius 2 is 0.944 bits per heavy atom. The highest BCUT2D eigenvalue weighted by Crippen LogP contribution is 2.31. The normalized spacial score (nSPS) is 23.2. The van der Waals surface area contributed by atoms with Crippen LogP contribution in [0.1, 0.15) is 104 Å². The lowest BCUT2D eigenvalue weighted by Crippen LogP contribution is -2.24. The molecule has 204 valence electrons. The van der Waals surface area contributed by atoms with Crippen LogP contribution >= 0.6 is 0 Å². The van der Waals surface area contributed by atoms with Crippen molar-refractivity contribution in [2.45, 2.75) is 116 Å². The summed E-state index contributed by atoms with van der Waals surface area (Å²) in [5, 5.41) is 18.1. The van der Waals surface area contributed by atoms with E-state index in [1.54, 1.807) is 0 Å². The molecule has 2 aliphatic rings. The van der Waals surface area contributed by atoms with E-state index in [0.717, 1.165) is 38.5 Å². The van der Waals surface area contributed by atoms with Crippen LogP contribution in [0.3, 0.4) is 0 Å². The molecule has 0 spiro atoms. The molecule has 2 rings (SSSR count). The standard InChI is InChI=1S/2C14H22O4/c2*1-3-4-5-6-7-8-9-11-12(13(15)16)10(2)14(17)18-11/h2*11-12H,2-9H2,1H3,(H,15,16)/t2*11-,12+/m10/s1. The number of rotatable bonds is 16. The van der Waals surface area contributed by atoms with E-state index in [0.29, 0.717) is 12.8 Å². The molecule has 0 unspecified atom stereocenters. The van der Waals surface area contributed by atoms with Gasteiger partial charge in [-0.2, -0.15) is 0 Å². The Kier molecular flexibility index (Phi) is 14.8. The zero-order valence-corrected chi connectivity index (χ0v) is 22.0. The Morgan fingerprint density at radius 1 is 0.639 bits per heavy atom. The summed E-state index contributed by atoms with van der Waals surface area (Å²) in [4.78, 5) is 44.7. The number of cyclic esters (lactones) is 2. The van der Waals surface area contributed by atoms with Crippen molar-refractivity contribution in [3.8, 4) is 0 Å². The van der Waals surface area contributed by atoms with Crippen LogP contribution in [-0.2, 0) is 28.7 Å². The van der Waals surface area contributed by atoms with Crippen molar-refractivity contribution in [3.63, 3.8) is 0 Å². The third-order valence-electron chi connectivity index (χ3n) is 6.75. The van der Waals surface area contributed by atoms with Gasteiger partial charge in [-0.3, -0.25) is 9.59 Å². The van der Waals surface area contributed by atoms with Gasteiger partial charge < -0.3 is 19.7 Å². The average Bonchev–Trinajstić information content (AvgIpc) is 3.27. The van der Waals surface area contributed by atoms with Gasteiger partial charge in [0, 0.05) is 11.1 Å². The van der Waals surface area contributed by atoms with E-state index in [4.69, 9.17) is 19.7 Å². The first kappa shape index (κ1) is 31.4. The van der Waals surface area contributed by atoms with Crippen molar-refractivity contribution >= 4 is 23.9 Å². The summed E-state index contributed by atoms with van der Waals surface area (Å²) in [7, 11) is 0. The number of ether oxygens (including phenoxy) is 2. The van der Waals surface area contributed by atoms with Gasteiger partial charge in [0.05, 0.1) is 0 Å². The van der Waals surface area contributed by atoms with Gasteiger partial charge in [0.1, 0.15) is 24.0 Å². The van der Waals surface area contributed by atoms with Crippen LogP contribution in [-0.4, -0.2) is 46.3 Å². The van der Waals surface area contributed by atoms with Gasteiger partial charge in [-0.05, 0) is 25.7 Å². The van der Waals surface area contributed by atoms with Gasteiger partial charge >= 0.3 is 23.9 Å². The molecular formula is C28H44O8. The van der Waals surface area contributed by atoms with Gasteiger partial charge in [0.15, 0.2) is 0 Å². The van der Waals surface area contributed by atoms with Crippen molar-refractivity contribution in [2.75, 3.05) is 0 Å². The molecule has 0 amide bonds. The monoisotopic (exact) mass is 508 g/mol. The SMILES string of the molecule is C=C1C(=O)O[C@@H](CCCCCCCC)[C@@H]1C(=O)O.C=C1C(=O)O[C@H](CCCCCCCC)[C@H]1C(=O)O. The van der Waals surface area contributed by atoms with E-state index in [9.17, 15) is 19.2 Å². The van der Waals surface area contributed by atoms with Crippen molar-refractivity contribution in [1.82, 2.24) is 0 Å². The fourth-order valence-electron chi connectivity index (χ4n) is 4.58. The molecule has 0 aromatic carbocycles. The topological polar surface area (TPSA) is 127 Å². The van der Waals surface area contributed by atoms with E-state index in [-0.39, 0.29) is 11.1 Å². The van der Waals surface area contributed by atoms with Crippen molar-refractivity contribution in [2.24, 2.45) is 11.8 Å². The third-order valence-corrected chi connectivity index (χ3v) is 6.75. The van der Waals surface area contributed by atoms with Gasteiger partial charge in [-0.25, -0.2) is 9.59 Å². The second-order valence-corrected chi connectivity index (χ2v) is 9.68. The maximum Gasteiger partial charge on any atom is 0.334 e. The number of unbranched alkanes of at least 4 members (excludes halogenated alkanes) is 10. The first-order valence-corrected chi connectivity index (χ1v) is 13.4. The largest absolute Gasteiger partial charge is 0.481 e. The minimum absolute atomic E-state index is 0.0819. The molecule has 0 aromatic rings. The number of carbonyl (C=O) groups is 4. The summed E-state index contributed by atoms with van der Waals surface area (Å²) in [5.41, 5.74) is 0.164. The molecule has 2 N–H and O–H groups in total. The predicted molar refractivity (Wildman–Crippen MR) is 136 cm³/mol. The molecule has 8 nitrogen and oxygen atoms in total. The lowest BCUT2D eigenvalue weighted by atomic mass is 9.93. The maximum atomic E-state index is 11.3. The minimum Gasteiger partial charge on any atom is -0.481 e. The van der Waals surface area contributed by atoms with Crippen molar-refractivity contribution in [3.05, 3.63) is 24.3 Å². The first-order chi connectivity index (χ1) is 17.1. The van der Waals surface area contributed by atoms with Crippen LogP contribution in [0.25, 0.3) is 0 Å². The van der Waals surface area contributed by atoms with Gasteiger partial charge in [-0.15, -0.1) is 0 Å². The number of carbonyl (C=O) groups excluding carboxylic acids is 2. The Morgan fingerprint density at radius 3 is 1.25 bits per heavy atom. The molecule has 2 heterocycles. The number of aliphatic carboxylic acids is 2. The first-order valence-electron chi connectivity index (χ1n) is 13.4. The fraction of sp³-hybridized carbons (Fsp3) is 0.714. The number of carboxylic acid groups (broad SMARTS) is 2. The van der Waals surface area contributed by atoms with Crippen molar-refractivity contribution in [1.29, 1.82) is 0 Å². The summed E-state index contributed by atoms with van der Waals surface area (Å²) in [5.74, 6) is -4.85. The third kappa shape index (κ3) is 10.2. The highest BCUT2D eigenvalue weighted by Gasteiger charge is 2.43. The molecule has 0 radical (unpaired) electrons. The Balaban J connectivity index is 0.000000360. The molecule has 2 fully saturated rings. The zero-order chi connectivity index (χ0) is 27.1. The van der Waals surface area contributed by atoms with E-state index in [1.807, 2.05) is 0 Å². The summed E-state index contributed by atoms with van der Waals surface area (Å²) in [6.07, 6.45) is 13.8. The van der Waals surface area contributed by atoms with E-state index in [1.165, 1.54) is 38.5 Å². The van der Waals surface area contributed by atoms with Crippen LogP contribution in [0.15, 0.2) is 24.3 Å². The number of carboxylic acids is 2. The van der Waals surface area contributed by atoms with E-state index < -0.39 is 47.9 Å². The van der Waals surface area contributed by atoms with Gasteiger partial charge in [0.2, 0.25) is 0 Å². The van der Waals surface area contributed by atoms with Crippen LogP contribution < -0.4 is 0 Å². The second-order valence-electron chi connectivity index (χ2n) is 9.68. The molecule has 2 saturated heterocycles. The van der Waals surface area contributed by atoms with Crippen LogP contribution in [0.5, 0.6) is 0 Å². The van der Waals surface area contributed by atoms with Crippen LogP contribution in [0, 0.1) is 11.8 Å². The smallest absolute Gasteiger partial charge is 0.334 e. The Labute approximate surface area is 215 Å². The summed E-state index contributed by atoms with van der Waals surface area (Å²) in [6.45, 7) is 11.3. The van der Waals surface area contributed by atoms with Crippen molar-refractivity contribution < 1.29 is 38.9 Å². The zero-order valence-electron chi connectivity index (χ0n) is 22.0. The number of esters is 2. The quantitative estimate of drug-likeness (QED) is 0.151. The summed E-state index contributed by atoms with van der Waals surface area (Å²) >= 11 is 0. The number of hydrogen-bond donors (Lipinski definition) is 2. The molecule has 36 heavy (non-hydrogen) atoms. The molecule has 2 aliphatic heterocycles. The van der Waals surface area contributed by atoms with Crippen LogP contribution in [0.2, 0.25) is 0 Å². The summed E-state index contributed by atoms with van der Waals surface area (Å²) < 4.78 is 10.1. The van der Waals surface area contributed by atoms with E-state index >= 15 is 0 Å². The predicted octanol–water partition coefficient (Wildman–Crippen LogP) is 5.84. The number of hydrogen-bond acceptors (Lipinski definition) is 6. The highest BCUT2D eigenvalue weighted by molar-refractivity contribution is 5.98. The van der Waals surface area contributed by atoms with Gasteiger partial charge in [0.25, 0.3) is 0 Å². The molecule has 0 aliphatic carbocycles. The molecule has 0 bridgehead atoms. The lowest BCUT2D eigenvalue weighted by Gasteiger charge is -2.13. The Hall–Kier alpha value is -2.64. The average molecular weight is 509 g/mol. The Bertz CT molecular complexity index is 708. The molecule has 0 saturated carbocycles. The minimum atomic E-state index is -1.01. The molecule has 8 heteroatoms. The van der Waals surface area contributed by atoms with Crippen LogP contribution in [0.4, 0.5) is 0 Å². The lowest BCUT2D eigenvalue weighted by molar-refractivity contribution is -0.146. The van der Waals surface area contributed by atoms with E-state index in [2.05, 4.69) is 27.0 Å². The van der Waals surface area contributed by atoms with Gasteiger partial charge in [-0.1, -0.05) is 91.2 Å². The maximum absolute atomic E-state index is 11.3. The summed E-state index contributed by atoms with van der Waals surface area (Å²) in [6, 6.07) is 0. The molecule has 4 atom stereocenters. The molecule has 0 aromatic heterocycles.